The Kier molecular flexibility index (Phi) is 13.2. The number of carbonyl (C=O) groups is 1. The third kappa shape index (κ3) is 6.36. The van der Waals surface area contributed by atoms with Gasteiger partial charge in [-0.3, -0.25) is 0 Å². The molecule has 1 amide bonds. The van der Waals surface area contributed by atoms with Crippen molar-refractivity contribution in [2.75, 3.05) is 7.05 Å². The molecule has 0 spiro atoms. The van der Waals surface area contributed by atoms with Crippen LogP contribution >= 0.6 is 0 Å². The van der Waals surface area contributed by atoms with Gasteiger partial charge in [0.15, 0.2) is 0 Å². The normalized spacial score (nSPS) is 7.56. The molecule has 0 saturated heterocycles. The molecule has 1 rings (SSSR count). The summed E-state index contributed by atoms with van der Waals surface area (Å²) in [4.78, 5) is 11.2. The summed E-state index contributed by atoms with van der Waals surface area (Å²) in [7, 11) is 1.82. The van der Waals surface area contributed by atoms with Crippen molar-refractivity contribution in [3.63, 3.8) is 0 Å². The molecule has 5 nitrogen and oxygen atoms in total. The van der Waals surface area contributed by atoms with Crippen LogP contribution in [0.5, 0.6) is 0 Å². The number of likely N-dealkylation sites (N-methyl/N-ethyl adjacent to an activating group) is 1. The van der Waals surface area contributed by atoms with Crippen LogP contribution in [0, 0.1) is 0 Å². The van der Waals surface area contributed by atoms with Gasteiger partial charge in [-0.1, -0.05) is 0 Å². The molecule has 0 fully saturated rings. The number of benzene rings is 1. The summed E-state index contributed by atoms with van der Waals surface area (Å²) < 4.78 is 3.00. The van der Waals surface area contributed by atoms with Gasteiger partial charge in [-0.15, -0.1) is 0 Å². The summed E-state index contributed by atoms with van der Waals surface area (Å²) in [5.74, 6) is 0.00357. The van der Waals surface area contributed by atoms with E-state index in [1.54, 1.807) is 3.86 Å². The fourth-order valence-electron chi connectivity index (χ4n) is 0.898. The molecule has 0 unspecified atom stereocenters. The van der Waals surface area contributed by atoms with Gasteiger partial charge in [0.25, 0.3) is 0 Å². The molecule has 0 aromatic heterocycles. The Morgan fingerprint density at radius 2 is 1.75 bits per heavy atom. The molecule has 0 saturated carbocycles. The summed E-state index contributed by atoms with van der Waals surface area (Å²) in [5, 5.41) is 0. The first kappa shape index (κ1) is 20.3. The second-order valence-electron chi connectivity index (χ2n) is 2.58. The molecule has 90 valence electrons. The zero-order chi connectivity index (χ0) is 9.68. The minimum Gasteiger partial charge on any atom is -0.412 e. The number of nitrogens with zero attached hydrogens (tertiary/aromatic N) is 1. The quantitative estimate of drug-likeness (QED) is 0.469. The van der Waals surface area contributed by atoms with Crippen molar-refractivity contribution < 1.29 is 21.2 Å². The molecule has 0 atom stereocenters. The Balaban J connectivity index is -0.000000563. The molecule has 0 bridgehead atoms. The number of hydrogen-bond acceptors (Lipinski definition) is 1. The van der Waals surface area contributed by atoms with Gasteiger partial charge in [0, 0.05) is 0 Å². The molecule has 2 radical (unpaired) electrons. The molecular weight excluding hydrogens is 271 g/mol. The first-order valence-corrected chi connectivity index (χ1v) is 5.94. The Hall–Kier alpha value is -1.15. The van der Waals surface area contributed by atoms with Gasteiger partial charge in [0.05, 0.1) is 0 Å². The Bertz CT molecular complexity index is 305. The summed E-state index contributed by atoms with van der Waals surface area (Å²) in [5.41, 5.74) is 0. The van der Waals surface area contributed by atoms with Crippen molar-refractivity contribution >= 4 is 26.0 Å². The minimum atomic E-state index is -0.507. The average molecular weight is 288 g/mol. The van der Waals surface area contributed by atoms with Gasteiger partial charge in [0.2, 0.25) is 0 Å². The smallest absolute Gasteiger partial charge is 0.412 e. The van der Waals surface area contributed by atoms with Crippen LogP contribution in [-0.4, -0.2) is 48.9 Å². The van der Waals surface area contributed by atoms with E-state index in [0.717, 1.165) is 0 Å². The largest absolute Gasteiger partial charge is 0.412 e. The summed E-state index contributed by atoms with van der Waals surface area (Å²) in [6.07, 6.45) is 1.35. The fraction of sp³-hybridized carbons (Fsp3) is 0.100. The van der Waals surface area contributed by atoms with Gasteiger partial charge >= 0.3 is 84.6 Å². The van der Waals surface area contributed by atoms with Crippen LogP contribution in [0.15, 0.2) is 43.0 Å². The van der Waals surface area contributed by atoms with Gasteiger partial charge in [-0.05, 0) is 0 Å². The first-order valence-electron chi connectivity index (χ1n) is 3.96. The monoisotopic (exact) mass is 289 g/mol. The molecule has 0 aliphatic heterocycles. The molecular formula is C10H17GeNO4. The number of hydrogen-bond donors (Lipinski definition) is 0. The molecule has 0 aliphatic carbocycles. The molecule has 0 aliphatic rings. The maximum absolute atomic E-state index is 11.2. The molecule has 6 N–H and O–H groups in total. The van der Waals surface area contributed by atoms with E-state index in [0.29, 0.717) is 0 Å². The molecule has 6 heteroatoms. The Morgan fingerprint density at radius 1 is 1.25 bits per heavy atom. The van der Waals surface area contributed by atoms with E-state index in [1.165, 1.54) is 10.5 Å². The second kappa shape index (κ2) is 10.4. The standard InChI is InChI=1S/C10H11GeNO.3H2O/c1-3-10(13)12(2)11-9-7-5-4-6-8-9;;;/h3-8H,1H2,2H3;3*1H2. The Morgan fingerprint density at radius 3 is 2.19 bits per heavy atom. The van der Waals surface area contributed by atoms with E-state index in [-0.39, 0.29) is 22.3 Å². The number of carbonyl (C=O) groups excluding carboxylic acids is 1. The van der Waals surface area contributed by atoms with Crippen molar-refractivity contribution in [3.8, 4) is 0 Å². The van der Waals surface area contributed by atoms with Crippen LogP contribution in [0.3, 0.4) is 0 Å². The summed E-state index contributed by atoms with van der Waals surface area (Å²) in [6.45, 7) is 3.45. The van der Waals surface area contributed by atoms with Crippen molar-refractivity contribution in [3.05, 3.63) is 43.0 Å². The minimum absolute atomic E-state index is 0. The third-order valence-electron chi connectivity index (χ3n) is 1.58. The van der Waals surface area contributed by atoms with E-state index in [4.69, 9.17) is 0 Å². The zero-order valence-electron chi connectivity index (χ0n) is 9.03. The predicted octanol–water partition coefficient (Wildman–Crippen LogP) is -1.90. The number of rotatable bonds is 3. The van der Waals surface area contributed by atoms with E-state index in [1.807, 2.05) is 37.4 Å². The van der Waals surface area contributed by atoms with Crippen LogP contribution < -0.4 is 4.40 Å². The van der Waals surface area contributed by atoms with E-state index in [2.05, 4.69) is 6.58 Å². The number of amides is 1. The van der Waals surface area contributed by atoms with Crippen molar-refractivity contribution in [1.29, 1.82) is 0 Å². The van der Waals surface area contributed by atoms with E-state index >= 15 is 0 Å². The van der Waals surface area contributed by atoms with Crippen molar-refractivity contribution in [1.82, 2.24) is 3.86 Å². The van der Waals surface area contributed by atoms with Crippen LogP contribution in [0.25, 0.3) is 0 Å². The van der Waals surface area contributed by atoms with E-state index in [9.17, 15) is 4.79 Å². The van der Waals surface area contributed by atoms with Crippen molar-refractivity contribution in [2.24, 2.45) is 0 Å². The van der Waals surface area contributed by atoms with Gasteiger partial charge < -0.3 is 16.4 Å². The van der Waals surface area contributed by atoms with Crippen LogP contribution in [0.1, 0.15) is 0 Å². The van der Waals surface area contributed by atoms with Crippen LogP contribution in [0.2, 0.25) is 0 Å². The second-order valence-corrected chi connectivity index (χ2v) is 5.67. The molecule has 1 aromatic carbocycles. The maximum atomic E-state index is 11.2. The Labute approximate surface area is 101 Å². The summed E-state index contributed by atoms with van der Waals surface area (Å²) >= 11 is -0.507. The maximum Gasteiger partial charge on any atom is -0.412 e. The summed E-state index contributed by atoms with van der Waals surface area (Å²) in [6, 6.07) is 10.1. The van der Waals surface area contributed by atoms with E-state index < -0.39 is 15.7 Å². The zero-order valence-corrected chi connectivity index (χ0v) is 11.1. The van der Waals surface area contributed by atoms with Crippen LogP contribution in [-0.2, 0) is 4.79 Å². The predicted molar refractivity (Wildman–Crippen MR) is 65.6 cm³/mol. The van der Waals surface area contributed by atoms with Gasteiger partial charge in [-0.2, -0.15) is 0 Å². The van der Waals surface area contributed by atoms with Crippen LogP contribution in [0.4, 0.5) is 0 Å². The molecule has 0 heterocycles. The van der Waals surface area contributed by atoms with Gasteiger partial charge in [0.1, 0.15) is 0 Å². The first-order chi connectivity index (χ1) is 6.24. The van der Waals surface area contributed by atoms with Crippen molar-refractivity contribution in [2.45, 2.75) is 0 Å². The molecule has 16 heavy (non-hydrogen) atoms. The topological polar surface area (TPSA) is 115 Å². The SMILES string of the molecule is C=CC(=O)[N](C)[Ge][c]1ccccc1.O.O.O. The average Bonchev–Trinajstić information content (AvgIpc) is 2.18. The fourth-order valence-corrected chi connectivity index (χ4v) is 2.85. The molecule has 1 aromatic rings. The van der Waals surface area contributed by atoms with Gasteiger partial charge in [-0.25, -0.2) is 0 Å². The third-order valence-corrected chi connectivity index (χ3v) is 3.98.